The predicted molar refractivity (Wildman–Crippen MR) is 98.4 cm³/mol. The fourth-order valence-electron chi connectivity index (χ4n) is 3.23. The first-order chi connectivity index (χ1) is 13.7. The van der Waals surface area contributed by atoms with Crippen molar-refractivity contribution in [2.75, 3.05) is 13.1 Å². The van der Waals surface area contributed by atoms with Crippen LogP contribution < -0.4 is 4.74 Å². The van der Waals surface area contributed by atoms with Gasteiger partial charge in [0.2, 0.25) is 0 Å². The van der Waals surface area contributed by atoms with Gasteiger partial charge in [-0.3, -0.25) is 4.79 Å². The predicted octanol–water partition coefficient (Wildman–Crippen LogP) is 3.66. The molecule has 1 aliphatic carbocycles. The van der Waals surface area contributed by atoms with E-state index in [4.69, 9.17) is 9.26 Å². The lowest BCUT2D eigenvalue weighted by atomic mass is 10.1. The minimum atomic E-state index is -0.358. The van der Waals surface area contributed by atoms with Gasteiger partial charge in [-0.15, -0.1) is 0 Å². The molecule has 3 aromatic rings. The van der Waals surface area contributed by atoms with E-state index in [0.29, 0.717) is 36.2 Å². The van der Waals surface area contributed by atoms with Gasteiger partial charge in [-0.2, -0.15) is 4.98 Å². The summed E-state index contributed by atoms with van der Waals surface area (Å²) in [4.78, 5) is 18.6. The van der Waals surface area contributed by atoms with Crippen LogP contribution >= 0.6 is 0 Å². The second-order valence-electron chi connectivity index (χ2n) is 7.19. The highest BCUT2D eigenvalue weighted by atomic mass is 19.1. The molecule has 1 amide bonds. The zero-order valence-electron chi connectivity index (χ0n) is 15.0. The summed E-state index contributed by atoms with van der Waals surface area (Å²) in [5.74, 6) is 1.80. The quantitative estimate of drug-likeness (QED) is 0.677. The Labute approximate surface area is 160 Å². The number of carbonyl (C=O) groups excluding carboxylic acids is 1. The van der Waals surface area contributed by atoms with E-state index in [2.05, 4.69) is 10.1 Å². The summed E-state index contributed by atoms with van der Waals surface area (Å²) < 4.78 is 24.5. The van der Waals surface area contributed by atoms with Crippen LogP contribution in [-0.4, -0.2) is 40.1 Å². The number of carbonyl (C=O) groups is 1. The SMILES string of the molecule is O=C(c1ccc(F)cc1)N1CC(Oc2ccccc2-c2nc(C3CC3)no2)C1. The summed E-state index contributed by atoms with van der Waals surface area (Å²) in [7, 11) is 0. The fourth-order valence-corrected chi connectivity index (χ4v) is 3.23. The number of hydrogen-bond donors (Lipinski definition) is 0. The van der Waals surface area contributed by atoms with Crippen LogP contribution in [0.2, 0.25) is 0 Å². The summed E-state index contributed by atoms with van der Waals surface area (Å²) in [5.41, 5.74) is 1.23. The first-order valence-corrected chi connectivity index (χ1v) is 9.32. The molecule has 1 saturated carbocycles. The highest BCUT2D eigenvalue weighted by Crippen LogP contribution is 2.39. The molecule has 0 spiro atoms. The highest BCUT2D eigenvalue weighted by molar-refractivity contribution is 5.94. The first-order valence-electron chi connectivity index (χ1n) is 9.32. The number of halogens is 1. The van der Waals surface area contributed by atoms with Gasteiger partial charge in [0.25, 0.3) is 11.8 Å². The van der Waals surface area contributed by atoms with Gasteiger partial charge in [0, 0.05) is 11.5 Å². The number of aromatic nitrogens is 2. The third-order valence-electron chi connectivity index (χ3n) is 5.02. The Hall–Kier alpha value is -3.22. The van der Waals surface area contributed by atoms with Crippen LogP contribution in [0, 0.1) is 5.82 Å². The van der Waals surface area contributed by atoms with E-state index in [9.17, 15) is 9.18 Å². The minimum absolute atomic E-state index is 0.114. The molecular formula is C21H18FN3O3. The number of nitrogens with zero attached hydrogens (tertiary/aromatic N) is 3. The smallest absolute Gasteiger partial charge is 0.261 e. The molecule has 1 aliphatic heterocycles. The number of para-hydroxylation sites is 1. The topological polar surface area (TPSA) is 68.5 Å². The van der Waals surface area contributed by atoms with E-state index in [0.717, 1.165) is 24.2 Å². The molecule has 2 fully saturated rings. The van der Waals surface area contributed by atoms with Crippen molar-refractivity contribution in [1.29, 1.82) is 0 Å². The molecule has 2 aliphatic rings. The van der Waals surface area contributed by atoms with Crippen LogP contribution in [0.1, 0.15) is 34.9 Å². The van der Waals surface area contributed by atoms with Crippen molar-refractivity contribution in [3.8, 4) is 17.2 Å². The van der Waals surface area contributed by atoms with Crippen molar-refractivity contribution in [2.24, 2.45) is 0 Å². The molecule has 0 N–H and O–H groups in total. The standard InChI is InChI=1S/C21H18FN3O3/c22-15-9-7-14(8-10-15)21(26)25-11-16(12-25)27-18-4-2-1-3-17(18)20-23-19(24-28-20)13-5-6-13/h1-4,7-10,13,16H,5-6,11-12H2. The van der Waals surface area contributed by atoms with Crippen LogP contribution in [0.3, 0.4) is 0 Å². The largest absolute Gasteiger partial charge is 0.486 e. The Morgan fingerprint density at radius 1 is 1.11 bits per heavy atom. The summed E-state index contributed by atoms with van der Waals surface area (Å²) in [6, 6.07) is 13.1. The second-order valence-corrected chi connectivity index (χ2v) is 7.19. The molecule has 0 atom stereocenters. The molecule has 2 heterocycles. The normalized spacial score (nSPS) is 16.7. The van der Waals surface area contributed by atoms with Crippen LogP contribution in [0.15, 0.2) is 53.1 Å². The van der Waals surface area contributed by atoms with Crippen LogP contribution in [0.4, 0.5) is 4.39 Å². The molecule has 0 bridgehead atoms. The van der Waals surface area contributed by atoms with Gasteiger partial charge >= 0.3 is 0 Å². The summed E-state index contributed by atoms with van der Waals surface area (Å²) in [6.07, 6.45) is 2.10. The molecule has 5 rings (SSSR count). The number of amides is 1. The molecular weight excluding hydrogens is 361 g/mol. The molecule has 6 nitrogen and oxygen atoms in total. The van der Waals surface area contributed by atoms with Crippen LogP contribution in [0.25, 0.3) is 11.5 Å². The number of likely N-dealkylation sites (tertiary alicyclic amines) is 1. The molecule has 28 heavy (non-hydrogen) atoms. The van der Waals surface area contributed by atoms with Gasteiger partial charge in [-0.1, -0.05) is 17.3 Å². The number of rotatable bonds is 5. The zero-order chi connectivity index (χ0) is 19.1. The van der Waals surface area contributed by atoms with E-state index in [1.165, 1.54) is 24.3 Å². The Bertz CT molecular complexity index is 1010. The average Bonchev–Trinajstić information content (AvgIpc) is 3.42. The molecule has 2 aromatic carbocycles. The maximum absolute atomic E-state index is 13.0. The molecule has 7 heteroatoms. The lowest BCUT2D eigenvalue weighted by molar-refractivity contribution is 0.0179. The Morgan fingerprint density at radius 2 is 1.86 bits per heavy atom. The van der Waals surface area contributed by atoms with E-state index in [1.54, 1.807) is 4.90 Å². The van der Waals surface area contributed by atoms with E-state index in [-0.39, 0.29) is 17.8 Å². The van der Waals surface area contributed by atoms with E-state index in [1.807, 2.05) is 24.3 Å². The van der Waals surface area contributed by atoms with Crippen molar-refractivity contribution < 1.29 is 18.4 Å². The van der Waals surface area contributed by atoms with Crippen LogP contribution in [0.5, 0.6) is 5.75 Å². The first kappa shape index (κ1) is 16.9. The summed E-state index contributed by atoms with van der Waals surface area (Å²) in [5, 5.41) is 4.06. The van der Waals surface area contributed by atoms with Gasteiger partial charge < -0.3 is 14.2 Å². The Balaban J connectivity index is 1.25. The average molecular weight is 379 g/mol. The van der Waals surface area contributed by atoms with Gasteiger partial charge in [-0.25, -0.2) is 4.39 Å². The zero-order valence-corrected chi connectivity index (χ0v) is 15.0. The van der Waals surface area contributed by atoms with Gasteiger partial charge in [0.05, 0.1) is 18.7 Å². The van der Waals surface area contributed by atoms with Crippen molar-refractivity contribution in [2.45, 2.75) is 24.9 Å². The maximum Gasteiger partial charge on any atom is 0.261 e. The lowest BCUT2D eigenvalue weighted by Crippen LogP contribution is -2.56. The maximum atomic E-state index is 13.0. The minimum Gasteiger partial charge on any atom is -0.486 e. The van der Waals surface area contributed by atoms with Gasteiger partial charge in [0.1, 0.15) is 17.7 Å². The van der Waals surface area contributed by atoms with Gasteiger partial charge in [-0.05, 0) is 49.2 Å². The van der Waals surface area contributed by atoms with Crippen LogP contribution in [-0.2, 0) is 0 Å². The van der Waals surface area contributed by atoms with Gasteiger partial charge in [0.15, 0.2) is 5.82 Å². The fraction of sp³-hybridized carbons (Fsp3) is 0.286. The van der Waals surface area contributed by atoms with Crippen molar-refractivity contribution in [1.82, 2.24) is 15.0 Å². The number of benzene rings is 2. The Morgan fingerprint density at radius 3 is 2.61 bits per heavy atom. The van der Waals surface area contributed by atoms with Crippen molar-refractivity contribution in [3.63, 3.8) is 0 Å². The summed E-state index contributed by atoms with van der Waals surface area (Å²) in [6.45, 7) is 0.948. The molecule has 142 valence electrons. The van der Waals surface area contributed by atoms with Crippen molar-refractivity contribution in [3.05, 3.63) is 65.7 Å². The molecule has 1 aromatic heterocycles. The third-order valence-corrected chi connectivity index (χ3v) is 5.02. The second kappa shape index (κ2) is 6.74. The summed E-state index contributed by atoms with van der Waals surface area (Å²) >= 11 is 0. The van der Waals surface area contributed by atoms with E-state index < -0.39 is 0 Å². The molecule has 0 radical (unpaired) electrons. The number of hydrogen-bond acceptors (Lipinski definition) is 5. The molecule has 1 saturated heterocycles. The lowest BCUT2D eigenvalue weighted by Gasteiger charge is -2.39. The molecule has 0 unspecified atom stereocenters. The highest BCUT2D eigenvalue weighted by Gasteiger charge is 2.34. The number of ether oxygens (including phenoxy) is 1. The van der Waals surface area contributed by atoms with Crippen molar-refractivity contribution >= 4 is 5.91 Å². The third kappa shape index (κ3) is 3.24. The monoisotopic (exact) mass is 379 g/mol. The van der Waals surface area contributed by atoms with E-state index >= 15 is 0 Å². The Kier molecular flexibility index (Phi) is 4.07.